The van der Waals surface area contributed by atoms with Crippen LogP contribution >= 0.6 is 0 Å². The highest BCUT2D eigenvalue weighted by Gasteiger charge is 2.24. The minimum absolute atomic E-state index is 0.0350. The Morgan fingerprint density at radius 3 is 1.34 bits per heavy atom. The molecule has 0 aromatic rings. The van der Waals surface area contributed by atoms with E-state index in [-0.39, 0.29) is 24.9 Å². The van der Waals surface area contributed by atoms with Crippen LogP contribution in [0.5, 0.6) is 0 Å². The van der Waals surface area contributed by atoms with Gasteiger partial charge in [0.15, 0.2) is 0 Å². The number of rotatable bonds is 48. The lowest BCUT2D eigenvalue weighted by molar-refractivity contribution is -0.151. The van der Waals surface area contributed by atoms with E-state index in [0.717, 1.165) is 70.6 Å². The maximum absolute atomic E-state index is 13.2. The van der Waals surface area contributed by atoms with Gasteiger partial charge in [-0.25, -0.2) is 0 Å². The van der Waals surface area contributed by atoms with Gasteiger partial charge in [0.1, 0.15) is 6.10 Å². The SMILES string of the molecule is CC\C=C/C=C/C=C/C=C\C=C\C=C\CCCCCC(=O)OC(CCC/C=C\CCCCCCCCC)CC(=O)NC(CO)C(O)CCCCCCCCCCCCCCCCCCC. The monoisotopic (exact) mass is 906 g/mol. The van der Waals surface area contributed by atoms with Gasteiger partial charge in [-0.3, -0.25) is 9.59 Å². The number of carbonyl (C=O) groups excluding carboxylic acids is 2. The number of ether oxygens (including phenoxy) is 1. The number of unbranched alkanes of at least 4 members (excludes halogenated alkanes) is 27. The lowest BCUT2D eigenvalue weighted by Gasteiger charge is -2.24. The number of aliphatic hydroxyl groups excluding tert-OH is 2. The van der Waals surface area contributed by atoms with Crippen LogP contribution in [0.2, 0.25) is 0 Å². The number of hydrogen-bond donors (Lipinski definition) is 3. The Bertz CT molecular complexity index is 1250. The molecule has 0 heterocycles. The van der Waals surface area contributed by atoms with Crippen molar-refractivity contribution in [2.24, 2.45) is 0 Å². The second-order valence-electron chi connectivity index (χ2n) is 18.4. The number of hydrogen-bond acceptors (Lipinski definition) is 5. The number of carbonyl (C=O) groups is 2. The van der Waals surface area contributed by atoms with Gasteiger partial charge in [-0.1, -0.05) is 260 Å². The number of allylic oxidation sites excluding steroid dienone is 14. The van der Waals surface area contributed by atoms with Gasteiger partial charge in [0.2, 0.25) is 5.91 Å². The summed E-state index contributed by atoms with van der Waals surface area (Å²) in [6.07, 6.45) is 67.9. The van der Waals surface area contributed by atoms with Crippen molar-refractivity contribution >= 4 is 11.9 Å². The van der Waals surface area contributed by atoms with E-state index in [1.54, 1.807) is 0 Å². The molecule has 3 atom stereocenters. The maximum Gasteiger partial charge on any atom is 0.306 e. The van der Waals surface area contributed by atoms with Crippen molar-refractivity contribution < 1.29 is 24.5 Å². The van der Waals surface area contributed by atoms with E-state index in [2.05, 4.69) is 56.5 Å². The van der Waals surface area contributed by atoms with Crippen LogP contribution in [-0.4, -0.2) is 46.9 Å². The van der Waals surface area contributed by atoms with Crippen LogP contribution in [0.15, 0.2) is 85.1 Å². The summed E-state index contributed by atoms with van der Waals surface area (Å²) in [5.41, 5.74) is 0. The number of aliphatic hydroxyl groups is 2. The van der Waals surface area contributed by atoms with Crippen molar-refractivity contribution in [2.45, 2.75) is 270 Å². The average Bonchev–Trinajstić information content (AvgIpc) is 3.30. The summed E-state index contributed by atoms with van der Waals surface area (Å²) in [5, 5.41) is 23.8. The predicted octanol–water partition coefficient (Wildman–Crippen LogP) is 16.7. The zero-order valence-corrected chi connectivity index (χ0v) is 42.6. The van der Waals surface area contributed by atoms with E-state index in [1.165, 1.54) is 135 Å². The van der Waals surface area contributed by atoms with E-state index >= 15 is 0 Å². The molecule has 0 saturated carbocycles. The molecule has 0 bridgehead atoms. The van der Waals surface area contributed by atoms with Gasteiger partial charge in [0.25, 0.3) is 0 Å². The van der Waals surface area contributed by atoms with Crippen molar-refractivity contribution in [3.63, 3.8) is 0 Å². The third-order valence-electron chi connectivity index (χ3n) is 12.1. The first kappa shape index (κ1) is 62.0. The first-order chi connectivity index (χ1) is 32.0. The summed E-state index contributed by atoms with van der Waals surface area (Å²) < 4.78 is 5.90. The van der Waals surface area contributed by atoms with E-state index < -0.39 is 18.2 Å². The minimum atomic E-state index is -0.807. The van der Waals surface area contributed by atoms with Crippen molar-refractivity contribution in [1.82, 2.24) is 5.32 Å². The van der Waals surface area contributed by atoms with Gasteiger partial charge < -0.3 is 20.3 Å². The molecule has 0 saturated heterocycles. The van der Waals surface area contributed by atoms with Gasteiger partial charge in [-0.2, -0.15) is 0 Å². The number of esters is 1. The Kier molecular flexibility index (Phi) is 49.6. The summed E-state index contributed by atoms with van der Waals surface area (Å²) in [6, 6.07) is -0.724. The van der Waals surface area contributed by atoms with E-state index in [0.29, 0.717) is 19.3 Å². The fourth-order valence-electron chi connectivity index (χ4n) is 7.99. The molecule has 0 aliphatic heterocycles. The largest absolute Gasteiger partial charge is 0.462 e. The Balaban J connectivity index is 4.62. The van der Waals surface area contributed by atoms with Gasteiger partial charge in [-0.15, -0.1) is 0 Å². The van der Waals surface area contributed by atoms with Crippen LogP contribution in [0, 0.1) is 0 Å². The maximum atomic E-state index is 13.2. The molecule has 0 aromatic carbocycles. The molecule has 1 amide bonds. The van der Waals surface area contributed by atoms with Gasteiger partial charge in [0.05, 0.1) is 25.2 Å². The molecule has 0 spiro atoms. The third-order valence-corrected chi connectivity index (χ3v) is 12.1. The molecular formula is C59H103NO5. The molecule has 6 nitrogen and oxygen atoms in total. The molecule has 0 fully saturated rings. The lowest BCUT2D eigenvalue weighted by Crippen LogP contribution is -2.46. The van der Waals surface area contributed by atoms with Gasteiger partial charge in [0, 0.05) is 6.42 Å². The van der Waals surface area contributed by atoms with Crippen LogP contribution in [0.1, 0.15) is 252 Å². The van der Waals surface area contributed by atoms with Crippen molar-refractivity contribution in [3.8, 4) is 0 Å². The van der Waals surface area contributed by atoms with Crippen molar-refractivity contribution in [2.75, 3.05) is 6.61 Å². The normalized spacial score (nSPS) is 13.9. The van der Waals surface area contributed by atoms with E-state index in [4.69, 9.17) is 4.74 Å². The molecule has 3 unspecified atom stereocenters. The summed E-state index contributed by atoms with van der Waals surface area (Å²) >= 11 is 0. The van der Waals surface area contributed by atoms with E-state index in [9.17, 15) is 19.8 Å². The van der Waals surface area contributed by atoms with Crippen LogP contribution in [0.4, 0.5) is 0 Å². The molecule has 0 aromatic heterocycles. The van der Waals surface area contributed by atoms with E-state index in [1.807, 2.05) is 54.7 Å². The smallest absolute Gasteiger partial charge is 0.306 e. The quantitative estimate of drug-likeness (QED) is 0.0245. The minimum Gasteiger partial charge on any atom is -0.462 e. The van der Waals surface area contributed by atoms with Gasteiger partial charge >= 0.3 is 5.97 Å². The first-order valence-corrected chi connectivity index (χ1v) is 27.4. The summed E-state index contributed by atoms with van der Waals surface area (Å²) in [4.78, 5) is 26.2. The molecule has 0 radical (unpaired) electrons. The predicted molar refractivity (Wildman–Crippen MR) is 282 cm³/mol. The van der Waals surface area contributed by atoms with Crippen LogP contribution in [-0.2, 0) is 14.3 Å². The molecule has 0 aliphatic carbocycles. The Hall–Kier alpha value is -2.96. The standard InChI is InChI=1S/C59H103NO5/c1-4-7-10-13-16-19-22-25-27-29-31-33-36-39-42-45-48-51-57(62)56(54-61)60-58(63)53-55(50-47-44-41-38-35-24-21-18-15-12-9-6-3)65-59(64)52-49-46-43-40-37-34-32-30-28-26-23-20-17-14-11-8-5-2/h8,11,14,17,20,23,26,28,30,32,34,37-38,41,55-57,61-62H,4-7,9-10,12-13,15-16,18-19,21-22,24-25,27,29,31,33,35-36,39-40,42-54H2,1-3H3,(H,60,63)/b11-8-,17-14+,23-20+,28-26-,32-30+,37-34+,41-38-. The highest BCUT2D eigenvalue weighted by Crippen LogP contribution is 2.17. The topological polar surface area (TPSA) is 95.9 Å². The third kappa shape index (κ3) is 47.3. The average molecular weight is 906 g/mol. The first-order valence-electron chi connectivity index (χ1n) is 27.4. The highest BCUT2D eigenvalue weighted by molar-refractivity contribution is 5.77. The Morgan fingerprint density at radius 2 is 0.862 bits per heavy atom. The summed E-state index contributed by atoms with van der Waals surface area (Å²) in [5.74, 6) is -0.555. The lowest BCUT2D eigenvalue weighted by atomic mass is 10.0. The number of amides is 1. The van der Waals surface area contributed by atoms with Crippen molar-refractivity contribution in [3.05, 3.63) is 85.1 Å². The van der Waals surface area contributed by atoms with Crippen LogP contribution in [0.25, 0.3) is 0 Å². The molecule has 6 heteroatoms. The zero-order chi connectivity index (χ0) is 47.4. The van der Waals surface area contributed by atoms with Crippen LogP contribution in [0.3, 0.4) is 0 Å². The Morgan fingerprint density at radius 1 is 0.462 bits per heavy atom. The molecule has 374 valence electrons. The van der Waals surface area contributed by atoms with Crippen molar-refractivity contribution in [1.29, 1.82) is 0 Å². The highest BCUT2D eigenvalue weighted by atomic mass is 16.5. The fraction of sp³-hybridized carbons (Fsp3) is 0.729. The molecule has 0 aliphatic rings. The zero-order valence-electron chi connectivity index (χ0n) is 42.6. The molecule has 0 rings (SSSR count). The fourth-order valence-corrected chi connectivity index (χ4v) is 7.99. The molecular weight excluding hydrogens is 803 g/mol. The molecule has 65 heavy (non-hydrogen) atoms. The summed E-state index contributed by atoms with van der Waals surface area (Å²) in [6.45, 7) is 6.33. The van der Waals surface area contributed by atoms with Crippen LogP contribution < -0.4 is 5.32 Å². The Labute approximate surface area is 402 Å². The second-order valence-corrected chi connectivity index (χ2v) is 18.4. The number of nitrogens with one attached hydrogen (secondary N) is 1. The second kappa shape index (κ2) is 52.0. The van der Waals surface area contributed by atoms with Gasteiger partial charge in [-0.05, 0) is 64.2 Å². The molecule has 3 N–H and O–H groups in total. The summed E-state index contributed by atoms with van der Waals surface area (Å²) in [7, 11) is 0.